The monoisotopic (exact) mass is 398 g/mol. The summed E-state index contributed by atoms with van der Waals surface area (Å²) in [6.07, 6.45) is 1.85. The number of methoxy groups -OCH3 is 1. The third-order valence-electron chi connectivity index (χ3n) is 3.97. The molecule has 0 aromatic heterocycles. The van der Waals surface area contributed by atoms with Gasteiger partial charge in [0.05, 0.1) is 6.04 Å². The summed E-state index contributed by atoms with van der Waals surface area (Å²) >= 11 is 3.42. The number of hydrogen-bond donors (Lipinski definition) is 0. The molecule has 0 N–H and O–H groups in total. The molecule has 1 fully saturated rings. The third-order valence-corrected chi connectivity index (χ3v) is 4.69. The first-order valence-corrected chi connectivity index (χ1v) is 8.98. The van der Waals surface area contributed by atoms with Crippen molar-refractivity contribution in [3.8, 4) is 0 Å². The predicted octanol–water partition coefficient (Wildman–Crippen LogP) is 4.04. The van der Waals surface area contributed by atoms with Gasteiger partial charge in [-0.2, -0.15) is 0 Å². The molecule has 1 aromatic carbocycles. The molecular formula is C19H31BrN2O2. The van der Waals surface area contributed by atoms with Crippen molar-refractivity contribution < 1.29 is 9.53 Å². The van der Waals surface area contributed by atoms with Crippen molar-refractivity contribution in [3.05, 3.63) is 34.3 Å². The Balaban J connectivity index is 0.000000390. The molecule has 1 heterocycles. The van der Waals surface area contributed by atoms with Crippen molar-refractivity contribution in [2.24, 2.45) is 10.9 Å². The molecule has 136 valence electrons. The van der Waals surface area contributed by atoms with Crippen molar-refractivity contribution in [2.75, 3.05) is 34.4 Å². The number of carbonyl (C=O) groups is 1. The minimum absolute atomic E-state index is 0.0283. The highest BCUT2D eigenvalue weighted by Gasteiger charge is 2.27. The van der Waals surface area contributed by atoms with Gasteiger partial charge in [0, 0.05) is 43.6 Å². The first-order valence-electron chi connectivity index (χ1n) is 8.19. The van der Waals surface area contributed by atoms with Crippen LogP contribution in [-0.4, -0.2) is 58.3 Å². The van der Waals surface area contributed by atoms with E-state index in [9.17, 15) is 4.79 Å². The van der Waals surface area contributed by atoms with Crippen LogP contribution in [0.4, 0.5) is 0 Å². The molecule has 1 aliphatic heterocycles. The van der Waals surface area contributed by atoms with Gasteiger partial charge in [-0.1, -0.05) is 41.1 Å². The van der Waals surface area contributed by atoms with Gasteiger partial charge in [-0.25, -0.2) is 0 Å². The molecule has 0 aliphatic carbocycles. The van der Waals surface area contributed by atoms with Gasteiger partial charge < -0.3 is 14.4 Å². The maximum atomic E-state index is 10.7. The van der Waals surface area contributed by atoms with Crippen molar-refractivity contribution in [1.29, 1.82) is 0 Å². The fourth-order valence-corrected chi connectivity index (χ4v) is 2.95. The number of aldehydes is 1. The quantitative estimate of drug-likeness (QED) is 0.554. The van der Waals surface area contributed by atoms with E-state index in [0.29, 0.717) is 6.04 Å². The molecular weight excluding hydrogens is 368 g/mol. The number of rotatable bonds is 5. The number of ether oxygens (including phenoxy) is 1. The van der Waals surface area contributed by atoms with E-state index in [-0.39, 0.29) is 5.92 Å². The summed E-state index contributed by atoms with van der Waals surface area (Å²) in [5.41, 5.74) is 1.08. The van der Waals surface area contributed by atoms with Gasteiger partial charge >= 0.3 is 0 Å². The normalized spacial score (nSPS) is 16.4. The highest BCUT2D eigenvalue weighted by Crippen LogP contribution is 2.25. The summed E-state index contributed by atoms with van der Waals surface area (Å²) in [6.45, 7) is 10.1. The van der Waals surface area contributed by atoms with E-state index in [1.165, 1.54) is 13.1 Å². The van der Waals surface area contributed by atoms with Crippen LogP contribution in [0.5, 0.6) is 0 Å². The Hall–Kier alpha value is -1.04. The first-order chi connectivity index (χ1) is 11.4. The maximum absolute atomic E-state index is 10.7. The van der Waals surface area contributed by atoms with Gasteiger partial charge in [-0.05, 0) is 38.7 Å². The van der Waals surface area contributed by atoms with Crippen LogP contribution in [0, 0.1) is 5.92 Å². The van der Waals surface area contributed by atoms with Crippen LogP contribution in [0.1, 0.15) is 31.7 Å². The number of hydrogen-bond acceptors (Lipinski definition) is 4. The van der Waals surface area contributed by atoms with E-state index >= 15 is 0 Å². The fraction of sp³-hybridized carbons (Fsp3) is 0.579. The van der Waals surface area contributed by atoms with Crippen LogP contribution >= 0.6 is 15.9 Å². The van der Waals surface area contributed by atoms with Gasteiger partial charge in [-0.15, -0.1) is 0 Å². The van der Waals surface area contributed by atoms with E-state index in [1.807, 2.05) is 31.2 Å². The lowest BCUT2D eigenvalue weighted by Gasteiger charge is -2.38. The Morgan fingerprint density at radius 2 is 1.96 bits per heavy atom. The van der Waals surface area contributed by atoms with E-state index in [2.05, 4.69) is 51.2 Å². The number of carbonyl (C=O) groups excluding carboxylic acids is 1. The zero-order valence-electron chi connectivity index (χ0n) is 15.5. The van der Waals surface area contributed by atoms with E-state index in [1.54, 1.807) is 14.2 Å². The molecule has 0 radical (unpaired) electrons. The van der Waals surface area contributed by atoms with Crippen LogP contribution in [0.3, 0.4) is 0 Å². The first kappa shape index (κ1) is 23.0. The minimum Gasteiger partial charge on any atom is -0.388 e. The molecule has 0 amide bonds. The van der Waals surface area contributed by atoms with E-state index in [4.69, 9.17) is 0 Å². The molecule has 2 rings (SSSR count). The summed E-state index contributed by atoms with van der Waals surface area (Å²) in [7, 11) is 5.38. The highest BCUT2D eigenvalue weighted by atomic mass is 79.9. The smallest absolute Gasteiger partial charge is 0.127 e. The Morgan fingerprint density at radius 1 is 1.42 bits per heavy atom. The van der Waals surface area contributed by atoms with Gasteiger partial charge in [0.2, 0.25) is 0 Å². The van der Waals surface area contributed by atoms with Crippen molar-refractivity contribution in [1.82, 2.24) is 4.90 Å². The number of nitrogens with zero attached hydrogens (tertiary/aromatic N) is 2. The number of likely N-dealkylation sites (tertiary alicyclic amines) is 1. The lowest BCUT2D eigenvalue weighted by Crippen LogP contribution is -2.48. The second kappa shape index (κ2) is 13.3. The summed E-state index contributed by atoms with van der Waals surface area (Å²) in [4.78, 5) is 16.9. The molecule has 0 bridgehead atoms. The topological polar surface area (TPSA) is 41.9 Å². The Kier molecular flexibility index (Phi) is 12.7. The Bertz CT molecular complexity index is 476. The molecule has 5 heteroatoms. The van der Waals surface area contributed by atoms with Crippen LogP contribution in [-0.2, 0) is 9.53 Å². The highest BCUT2D eigenvalue weighted by molar-refractivity contribution is 9.10. The summed E-state index contributed by atoms with van der Waals surface area (Å²) in [5, 5.41) is 0. The summed E-state index contributed by atoms with van der Waals surface area (Å²) < 4.78 is 5.27. The average molecular weight is 399 g/mol. The number of benzene rings is 1. The van der Waals surface area contributed by atoms with Crippen LogP contribution in [0.2, 0.25) is 0 Å². The lowest BCUT2D eigenvalue weighted by atomic mass is 9.94. The summed E-state index contributed by atoms with van der Waals surface area (Å²) in [6, 6.07) is 8.30. The van der Waals surface area contributed by atoms with Crippen LogP contribution in [0.15, 0.2) is 33.7 Å². The summed E-state index contributed by atoms with van der Waals surface area (Å²) in [5.74, 6) is 0.799. The van der Waals surface area contributed by atoms with Crippen molar-refractivity contribution in [3.63, 3.8) is 0 Å². The van der Waals surface area contributed by atoms with Crippen molar-refractivity contribution >= 4 is 28.9 Å². The average Bonchev–Trinajstić information content (AvgIpc) is 2.55. The predicted molar refractivity (Wildman–Crippen MR) is 106 cm³/mol. The number of halogens is 1. The third kappa shape index (κ3) is 8.18. The second-order valence-electron chi connectivity index (χ2n) is 5.99. The molecule has 24 heavy (non-hydrogen) atoms. The Morgan fingerprint density at radius 3 is 2.33 bits per heavy atom. The SMILES string of the molecule is C=NC(C)C1CN(C)C1.CCC(C=O)c1ccccc1Br.COC. The zero-order chi connectivity index (χ0) is 18.5. The van der Waals surface area contributed by atoms with Crippen LogP contribution in [0.25, 0.3) is 0 Å². The molecule has 1 saturated heterocycles. The molecule has 2 unspecified atom stereocenters. The second-order valence-corrected chi connectivity index (χ2v) is 6.84. The molecule has 1 aromatic rings. The molecule has 1 aliphatic rings. The standard InChI is InChI=1S/C10H11BrO.C7H14N2.C2H6O/c1-2-8(7-12)9-5-3-4-6-10(9)11;1-6(8-2)7-4-9(3)5-7;1-3-2/h3-8H,2H2,1H3;6-7H,2,4-5H2,1,3H3;1-2H3. The zero-order valence-corrected chi connectivity index (χ0v) is 17.1. The maximum Gasteiger partial charge on any atom is 0.127 e. The molecule has 0 spiro atoms. The Labute approximate surface area is 155 Å². The minimum atomic E-state index is 0.0283. The molecule has 2 atom stereocenters. The van der Waals surface area contributed by atoms with E-state index in [0.717, 1.165) is 28.7 Å². The van der Waals surface area contributed by atoms with Crippen molar-refractivity contribution in [2.45, 2.75) is 32.2 Å². The van der Waals surface area contributed by atoms with Gasteiger partial charge in [0.1, 0.15) is 6.29 Å². The van der Waals surface area contributed by atoms with Gasteiger partial charge in [0.15, 0.2) is 0 Å². The largest absolute Gasteiger partial charge is 0.388 e. The number of aliphatic imine (C=N–C) groups is 1. The lowest BCUT2D eigenvalue weighted by molar-refractivity contribution is -0.109. The van der Waals surface area contributed by atoms with Crippen LogP contribution < -0.4 is 0 Å². The fourth-order valence-electron chi connectivity index (χ4n) is 2.37. The van der Waals surface area contributed by atoms with E-state index < -0.39 is 0 Å². The van der Waals surface area contributed by atoms with Gasteiger partial charge in [0.25, 0.3) is 0 Å². The van der Waals surface area contributed by atoms with Gasteiger partial charge in [-0.3, -0.25) is 4.99 Å². The molecule has 4 nitrogen and oxygen atoms in total. The molecule has 0 saturated carbocycles.